The number of carbonyl (C=O) groups excluding carboxylic acids is 2. The molecule has 0 aliphatic heterocycles. The topological polar surface area (TPSA) is 154 Å². The summed E-state index contributed by atoms with van der Waals surface area (Å²) >= 11 is 0. The maximum atomic E-state index is 13.4. The lowest BCUT2D eigenvalue weighted by molar-refractivity contribution is -0.141. The number of carbonyl (C=O) groups is 2. The molecule has 0 bridgehead atoms. The Morgan fingerprint density at radius 3 is 2.61 bits per heavy atom. The van der Waals surface area contributed by atoms with E-state index in [4.69, 9.17) is 5.73 Å². The number of rotatable bonds is 7. The molecule has 36 heavy (non-hydrogen) atoms. The third-order valence-electron chi connectivity index (χ3n) is 5.37. The van der Waals surface area contributed by atoms with Crippen LogP contribution in [0.15, 0.2) is 43.1 Å². The molecule has 0 aromatic carbocycles. The van der Waals surface area contributed by atoms with Crippen molar-refractivity contribution in [2.24, 2.45) is 0 Å². The third-order valence-corrected chi connectivity index (χ3v) is 5.37. The monoisotopic (exact) mass is 502 g/mol. The Morgan fingerprint density at radius 2 is 1.94 bits per heavy atom. The quantitative estimate of drug-likeness (QED) is 0.325. The smallest absolute Gasteiger partial charge is 0.394 e. The van der Waals surface area contributed by atoms with Crippen LogP contribution in [0, 0.1) is 0 Å². The van der Waals surface area contributed by atoms with Crippen LogP contribution in [0.2, 0.25) is 0 Å². The standard InChI is InChI=1S/C22H21F3N8O3/c1-21(2,11-34)33-9-15(14-8-28-20(26)30-19(14)33)18(36)12-5-13(7-27-6-12)29-17(35)10-32-4-3-16(31-32)22(23,24)25/h3-9,34H,10-11H2,1-2H3,(H,29,35)(H2,26,28,30). The number of nitrogens with two attached hydrogens (primary N) is 1. The molecule has 4 rings (SSSR count). The lowest BCUT2D eigenvalue weighted by atomic mass is 10.1. The van der Waals surface area contributed by atoms with Crippen LogP contribution >= 0.6 is 0 Å². The van der Waals surface area contributed by atoms with E-state index in [1.165, 1.54) is 24.7 Å². The van der Waals surface area contributed by atoms with Crippen molar-refractivity contribution >= 4 is 34.4 Å². The highest BCUT2D eigenvalue weighted by Gasteiger charge is 2.33. The highest BCUT2D eigenvalue weighted by molar-refractivity contribution is 6.16. The summed E-state index contributed by atoms with van der Waals surface area (Å²) in [5.41, 5.74) is 4.69. The van der Waals surface area contributed by atoms with E-state index in [2.05, 4.69) is 25.4 Å². The summed E-state index contributed by atoms with van der Waals surface area (Å²) in [6.07, 6.45) is 1.97. The number of nitrogen functional groups attached to an aromatic ring is 1. The molecule has 1 amide bonds. The summed E-state index contributed by atoms with van der Waals surface area (Å²) in [6.45, 7) is 2.80. The number of aliphatic hydroxyl groups is 1. The number of fused-ring (bicyclic) bond motifs is 1. The van der Waals surface area contributed by atoms with Crippen molar-refractivity contribution in [1.82, 2.24) is 29.3 Å². The van der Waals surface area contributed by atoms with Gasteiger partial charge in [0.05, 0.1) is 29.6 Å². The van der Waals surface area contributed by atoms with Gasteiger partial charge >= 0.3 is 6.18 Å². The fourth-order valence-electron chi connectivity index (χ4n) is 3.47. The Hall–Kier alpha value is -4.33. The van der Waals surface area contributed by atoms with E-state index in [0.29, 0.717) is 11.0 Å². The lowest BCUT2D eigenvalue weighted by Crippen LogP contribution is -2.30. The van der Waals surface area contributed by atoms with Crippen molar-refractivity contribution in [3.63, 3.8) is 0 Å². The van der Waals surface area contributed by atoms with Crippen LogP contribution in [0.5, 0.6) is 0 Å². The average Bonchev–Trinajstić information content (AvgIpc) is 3.43. The van der Waals surface area contributed by atoms with Crippen molar-refractivity contribution in [3.8, 4) is 0 Å². The number of nitrogens with one attached hydrogen (secondary N) is 1. The number of halogens is 3. The molecule has 0 saturated carbocycles. The predicted octanol–water partition coefficient (Wildman–Crippen LogP) is 2.22. The summed E-state index contributed by atoms with van der Waals surface area (Å²) < 4.78 is 40.6. The number of ketones is 1. The van der Waals surface area contributed by atoms with Gasteiger partial charge in [-0.05, 0) is 26.0 Å². The molecule has 0 spiro atoms. The van der Waals surface area contributed by atoms with E-state index in [1.807, 2.05) is 0 Å². The largest absolute Gasteiger partial charge is 0.435 e. The molecule has 0 radical (unpaired) electrons. The van der Waals surface area contributed by atoms with Crippen LogP contribution in [0.4, 0.5) is 24.8 Å². The van der Waals surface area contributed by atoms with Crippen LogP contribution < -0.4 is 11.1 Å². The Balaban J connectivity index is 1.59. The van der Waals surface area contributed by atoms with Gasteiger partial charge < -0.3 is 20.7 Å². The second-order valence-corrected chi connectivity index (χ2v) is 8.58. The maximum absolute atomic E-state index is 13.4. The lowest BCUT2D eigenvalue weighted by Gasteiger charge is -2.24. The number of anilines is 2. The summed E-state index contributed by atoms with van der Waals surface area (Å²) in [7, 11) is 0. The SMILES string of the molecule is CC(C)(CO)n1cc(C(=O)c2cncc(NC(=O)Cn3ccc(C(F)(F)F)n3)c2)c2cnc(N)nc21. The Bertz CT molecular complexity index is 1460. The molecule has 0 aliphatic rings. The fourth-order valence-corrected chi connectivity index (χ4v) is 3.47. The van der Waals surface area contributed by atoms with E-state index >= 15 is 0 Å². The number of aromatic nitrogens is 6. The molecule has 4 heterocycles. The van der Waals surface area contributed by atoms with E-state index in [-0.39, 0.29) is 29.4 Å². The third kappa shape index (κ3) is 4.88. The van der Waals surface area contributed by atoms with Gasteiger partial charge in [-0.25, -0.2) is 4.98 Å². The molecule has 4 aromatic heterocycles. The molecule has 11 nitrogen and oxygen atoms in total. The zero-order valence-electron chi connectivity index (χ0n) is 19.1. The highest BCUT2D eigenvalue weighted by Crippen LogP contribution is 2.29. The summed E-state index contributed by atoms with van der Waals surface area (Å²) in [5.74, 6) is -1.12. The minimum Gasteiger partial charge on any atom is -0.394 e. The Morgan fingerprint density at radius 1 is 1.19 bits per heavy atom. The first-order chi connectivity index (χ1) is 16.9. The second kappa shape index (κ2) is 9.03. The summed E-state index contributed by atoms with van der Waals surface area (Å²) in [5, 5.41) is 16.0. The van der Waals surface area contributed by atoms with Gasteiger partial charge in [0.15, 0.2) is 11.5 Å². The zero-order chi connectivity index (χ0) is 26.3. The molecule has 0 saturated heterocycles. The highest BCUT2D eigenvalue weighted by atomic mass is 19.4. The number of amides is 1. The first-order valence-electron chi connectivity index (χ1n) is 10.5. The number of alkyl halides is 3. The van der Waals surface area contributed by atoms with Crippen LogP contribution in [-0.2, 0) is 23.1 Å². The summed E-state index contributed by atoms with van der Waals surface area (Å²) in [6, 6.07) is 2.15. The van der Waals surface area contributed by atoms with Gasteiger partial charge in [0.1, 0.15) is 12.2 Å². The molecular formula is C22H21F3N8O3. The predicted molar refractivity (Wildman–Crippen MR) is 122 cm³/mol. The van der Waals surface area contributed by atoms with Gasteiger partial charge in [-0.1, -0.05) is 0 Å². The minimum absolute atomic E-state index is 0.000464. The van der Waals surface area contributed by atoms with Gasteiger partial charge in [0, 0.05) is 35.7 Å². The van der Waals surface area contributed by atoms with Crippen LogP contribution in [-0.4, -0.2) is 52.7 Å². The van der Waals surface area contributed by atoms with Crippen molar-refractivity contribution in [3.05, 3.63) is 59.9 Å². The van der Waals surface area contributed by atoms with Gasteiger partial charge in [-0.3, -0.25) is 19.3 Å². The molecule has 0 aliphatic carbocycles. The molecular weight excluding hydrogens is 481 g/mol. The molecule has 188 valence electrons. The van der Waals surface area contributed by atoms with Crippen molar-refractivity contribution in [1.29, 1.82) is 0 Å². The summed E-state index contributed by atoms with van der Waals surface area (Å²) in [4.78, 5) is 37.9. The van der Waals surface area contributed by atoms with Gasteiger partial charge in [0.2, 0.25) is 11.9 Å². The van der Waals surface area contributed by atoms with Crippen molar-refractivity contribution in [2.75, 3.05) is 17.7 Å². The number of nitrogens with zero attached hydrogens (tertiary/aromatic N) is 6. The normalized spacial score (nSPS) is 12.2. The second-order valence-electron chi connectivity index (χ2n) is 8.58. The van der Waals surface area contributed by atoms with Gasteiger partial charge in [0.25, 0.3) is 0 Å². The molecule has 4 N–H and O–H groups in total. The van der Waals surface area contributed by atoms with Crippen molar-refractivity contribution < 1.29 is 27.9 Å². The Kier molecular flexibility index (Phi) is 6.22. The van der Waals surface area contributed by atoms with E-state index in [0.717, 1.165) is 16.9 Å². The minimum atomic E-state index is -4.62. The van der Waals surface area contributed by atoms with E-state index in [9.17, 15) is 27.9 Å². The molecule has 0 atom stereocenters. The first kappa shape index (κ1) is 24.8. The first-order valence-corrected chi connectivity index (χ1v) is 10.5. The number of hydrogen-bond donors (Lipinski definition) is 3. The number of aliphatic hydroxyl groups excluding tert-OH is 1. The molecule has 4 aromatic rings. The molecule has 0 fully saturated rings. The van der Waals surface area contributed by atoms with Gasteiger partial charge in [-0.15, -0.1) is 0 Å². The average molecular weight is 502 g/mol. The van der Waals surface area contributed by atoms with E-state index in [1.54, 1.807) is 24.6 Å². The van der Waals surface area contributed by atoms with Crippen LogP contribution in [0.3, 0.4) is 0 Å². The van der Waals surface area contributed by atoms with Crippen LogP contribution in [0.25, 0.3) is 11.0 Å². The van der Waals surface area contributed by atoms with Gasteiger partial charge in [-0.2, -0.15) is 23.3 Å². The number of pyridine rings is 1. The molecule has 0 unspecified atom stereocenters. The Labute approximate surface area is 201 Å². The van der Waals surface area contributed by atoms with Crippen molar-refractivity contribution in [2.45, 2.75) is 32.1 Å². The fraction of sp³-hybridized carbons (Fsp3) is 0.273. The van der Waals surface area contributed by atoms with E-state index < -0.39 is 35.6 Å². The van der Waals surface area contributed by atoms with Crippen LogP contribution in [0.1, 0.15) is 35.5 Å². The number of hydrogen-bond acceptors (Lipinski definition) is 8. The maximum Gasteiger partial charge on any atom is 0.435 e. The molecule has 14 heteroatoms. The zero-order valence-corrected chi connectivity index (χ0v) is 19.1.